The third-order valence-electron chi connectivity index (χ3n) is 3.02. The van der Waals surface area contributed by atoms with Crippen LogP contribution in [0.25, 0.3) is 0 Å². The molecular formula is C11H18N6O. The Hall–Kier alpha value is -1.89. The summed E-state index contributed by atoms with van der Waals surface area (Å²) in [5.41, 5.74) is 12.4. The van der Waals surface area contributed by atoms with Gasteiger partial charge in [0.25, 0.3) is 0 Å². The molecule has 1 fully saturated rings. The average molecular weight is 250 g/mol. The first-order chi connectivity index (χ1) is 8.72. The van der Waals surface area contributed by atoms with Crippen molar-refractivity contribution >= 4 is 17.9 Å². The zero-order valence-electron chi connectivity index (χ0n) is 10.4. The van der Waals surface area contributed by atoms with Crippen LogP contribution in [0, 0.1) is 0 Å². The molecule has 0 atom stereocenters. The molecule has 1 saturated heterocycles. The molecule has 1 aliphatic rings. The van der Waals surface area contributed by atoms with Gasteiger partial charge in [0.05, 0.1) is 11.8 Å². The van der Waals surface area contributed by atoms with Crippen LogP contribution in [-0.4, -0.2) is 42.4 Å². The second kappa shape index (κ2) is 5.63. The third kappa shape index (κ3) is 2.67. The molecule has 0 unspecified atom stereocenters. The van der Waals surface area contributed by atoms with Gasteiger partial charge in [-0.1, -0.05) is 5.16 Å². The quantitative estimate of drug-likeness (QED) is 0.576. The molecule has 2 heterocycles. The molecule has 0 saturated carbocycles. The van der Waals surface area contributed by atoms with Crippen molar-refractivity contribution in [3.05, 3.63) is 11.9 Å². The SMILES string of the molecule is CON=Cc1c(N)ncnc1N1CCC(N)CC1. The molecule has 0 aliphatic carbocycles. The molecule has 18 heavy (non-hydrogen) atoms. The Kier molecular flexibility index (Phi) is 3.93. The van der Waals surface area contributed by atoms with Gasteiger partial charge in [0.15, 0.2) is 0 Å². The summed E-state index contributed by atoms with van der Waals surface area (Å²) in [5.74, 6) is 1.19. The van der Waals surface area contributed by atoms with E-state index in [2.05, 4.69) is 24.9 Å². The lowest BCUT2D eigenvalue weighted by atomic mass is 10.1. The standard InChI is InChI=1S/C11H18N6O/c1-18-16-6-9-10(13)14-7-15-11(9)17-4-2-8(12)3-5-17/h6-8H,2-5,12H2,1H3,(H2,13,14,15). The molecule has 98 valence electrons. The Morgan fingerprint density at radius 1 is 1.44 bits per heavy atom. The van der Waals surface area contributed by atoms with Crippen LogP contribution in [0.1, 0.15) is 18.4 Å². The van der Waals surface area contributed by atoms with Gasteiger partial charge in [-0.25, -0.2) is 9.97 Å². The monoisotopic (exact) mass is 250 g/mol. The number of aromatic nitrogens is 2. The highest BCUT2D eigenvalue weighted by molar-refractivity contribution is 5.91. The van der Waals surface area contributed by atoms with E-state index in [0.29, 0.717) is 11.4 Å². The molecule has 0 spiro atoms. The van der Waals surface area contributed by atoms with Crippen LogP contribution in [-0.2, 0) is 4.84 Å². The van der Waals surface area contributed by atoms with Gasteiger partial charge in [-0.15, -0.1) is 0 Å². The number of rotatable bonds is 3. The Morgan fingerprint density at radius 3 is 2.83 bits per heavy atom. The predicted molar refractivity (Wildman–Crippen MR) is 70.5 cm³/mol. The van der Waals surface area contributed by atoms with Crippen molar-refractivity contribution in [3.63, 3.8) is 0 Å². The van der Waals surface area contributed by atoms with Crippen LogP contribution >= 0.6 is 0 Å². The second-order valence-electron chi connectivity index (χ2n) is 4.24. The highest BCUT2D eigenvalue weighted by Crippen LogP contribution is 2.22. The van der Waals surface area contributed by atoms with Gasteiger partial charge in [0.2, 0.25) is 0 Å². The Labute approximate surface area is 106 Å². The van der Waals surface area contributed by atoms with E-state index in [4.69, 9.17) is 11.5 Å². The Morgan fingerprint density at radius 2 is 2.17 bits per heavy atom. The summed E-state index contributed by atoms with van der Waals surface area (Å²) >= 11 is 0. The molecule has 0 bridgehead atoms. The molecule has 1 aliphatic heterocycles. The Bertz CT molecular complexity index is 428. The van der Waals surface area contributed by atoms with E-state index < -0.39 is 0 Å². The number of hydrogen-bond donors (Lipinski definition) is 2. The molecular weight excluding hydrogens is 232 g/mol. The summed E-state index contributed by atoms with van der Waals surface area (Å²) in [6.45, 7) is 1.73. The lowest BCUT2D eigenvalue weighted by Crippen LogP contribution is -2.40. The summed E-state index contributed by atoms with van der Waals surface area (Å²) in [7, 11) is 1.48. The summed E-state index contributed by atoms with van der Waals surface area (Å²) < 4.78 is 0. The highest BCUT2D eigenvalue weighted by Gasteiger charge is 2.20. The fourth-order valence-electron chi connectivity index (χ4n) is 1.99. The average Bonchev–Trinajstić information content (AvgIpc) is 2.38. The van der Waals surface area contributed by atoms with Crippen LogP contribution in [0.4, 0.5) is 11.6 Å². The maximum absolute atomic E-state index is 5.89. The zero-order chi connectivity index (χ0) is 13.0. The summed E-state index contributed by atoms with van der Waals surface area (Å²) in [4.78, 5) is 15.1. The van der Waals surface area contributed by atoms with E-state index in [1.165, 1.54) is 13.4 Å². The van der Waals surface area contributed by atoms with E-state index in [1.54, 1.807) is 6.21 Å². The van der Waals surface area contributed by atoms with Gasteiger partial charge in [-0.05, 0) is 12.8 Å². The largest absolute Gasteiger partial charge is 0.399 e. The summed E-state index contributed by atoms with van der Waals surface area (Å²) in [6, 6.07) is 0.275. The van der Waals surface area contributed by atoms with E-state index in [-0.39, 0.29) is 6.04 Å². The fourth-order valence-corrected chi connectivity index (χ4v) is 1.99. The Balaban J connectivity index is 2.26. The number of anilines is 2. The third-order valence-corrected chi connectivity index (χ3v) is 3.02. The predicted octanol–water partition coefficient (Wildman–Crippen LogP) is -0.0334. The first kappa shape index (κ1) is 12.6. The smallest absolute Gasteiger partial charge is 0.143 e. The van der Waals surface area contributed by atoms with Crippen molar-refractivity contribution in [1.29, 1.82) is 0 Å². The van der Waals surface area contributed by atoms with Gasteiger partial charge in [0, 0.05) is 19.1 Å². The molecule has 0 radical (unpaired) electrons. The van der Waals surface area contributed by atoms with E-state index >= 15 is 0 Å². The zero-order valence-corrected chi connectivity index (χ0v) is 10.4. The lowest BCUT2D eigenvalue weighted by molar-refractivity contribution is 0.215. The minimum absolute atomic E-state index is 0.275. The van der Waals surface area contributed by atoms with Crippen molar-refractivity contribution in [3.8, 4) is 0 Å². The van der Waals surface area contributed by atoms with Crippen LogP contribution in [0.3, 0.4) is 0 Å². The molecule has 0 aromatic carbocycles. The number of hydrogen-bond acceptors (Lipinski definition) is 7. The number of piperidine rings is 1. The van der Waals surface area contributed by atoms with Crippen molar-refractivity contribution < 1.29 is 4.84 Å². The van der Waals surface area contributed by atoms with E-state index in [0.717, 1.165) is 31.7 Å². The van der Waals surface area contributed by atoms with Crippen LogP contribution < -0.4 is 16.4 Å². The molecule has 4 N–H and O–H groups in total. The normalized spacial score (nSPS) is 17.3. The lowest BCUT2D eigenvalue weighted by Gasteiger charge is -2.31. The molecule has 7 heteroatoms. The number of nitrogens with zero attached hydrogens (tertiary/aromatic N) is 4. The van der Waals surface area contributed by atoms with Gasteiger partial charge < -0.3 is 21.2 Å². The van der Waals surface area contributed by atoms with Gasteiger partial charge in [-0.2, -0.15) is 0 Å². The van der Waals surface area contributed by atoms with Gasteiger partial charge in [0.1, 0.15) is 25.1 Å². The second-order valence-corrected chi connectivity index (χ2v) is 4.24. The topological polar surface area (TPSA) is 103 Å². The molecule has 1 aromatic heterocycles. The van der Waals surface area contributed by atoms with Crippen molar-refractivity contribution in [2.24, 2.45) is 10.9 Å². The van der Waals surface area contributed by atoms with Gasteiger partial charge in [-0.3, -0.25) is 0 Å². The first-order valence-corrected chi connectivity index (χ1v) is 5.90. The van der Waals surface area contributed by atoms with Crippen LogP contribution in [0.2, 0.25) is 0 Å². The van der Waals surface area contributed by atoms with E-state index in [1.807, 2.05) is 0 Å². The summed E-state index contributed by atoms with van der Waals surface area (Å²) in [5, 5.41) is 3.74. The molecule has 2 rings (SSSR count). The maximum atomic E-state index is 5.89. The van der Waals surface area contributed by atoms with Crippen molar-refractivity contribution in [1.82, 2.24) is 9.97 Å². The molecule has 7 nitrogen and oxygen atoms in total. The molecule has 1 aromatic rings. The highest BCUT2D eigenvalue weighted by atomic mass is 16.6. The summed E-state index contributed by atoms with van der Waals surface area (Å²) in [6.07, 6.45) is 4.90. The van der Waals surface area contributed by atoms with Crippen molar-refractivity contribution in [2.75, 3.05) is 30.8 Å². The minimum atomic E-state index is 0.275. The molecule has 0 amide bonds. The maximum Gasteiger partial charge on any atom is 0.143 e. The van der Waals surface area contributed by atoms with E-state index in [9.17, 15) is 0 Å². The van der Waals surface area contributed by atoms with Crippen LogP contribution in [0.5, 0.6) is 0 Å². The van der Waals surface area contributed by atoms with Crippen LogP contribution in [0.15, 0.2) is 11.5 Å². The minimum Gasteiger partial charge on any atom is -0.399 e. The fraction of sp³-hybridized carbons (Fsp3) is 0.545. The van der Waals surface area contributed by atoms with Crippen molar-refractivity contribution in [2.45, 2.75) is 18.9 Å². The number of oxime groups is 1. The number of nitrogens with two attached hydrogens (primary N) is 2. The van der Waals surface area contributed by atoms with Gasteiger partial charge >= 0.3 is 0 Å². The first-order valence-electron chi connectivity index (χ1n) is 5.90. The number of nitrogen functional groups attached to an aromatic ring is 1.